The topological polar surface area (TPSA) is 79.3 Å². The van der Waals surface area contributed by atoms with Gasteiger partial charge in [0.1, 0.15) is 10.2 Å². The number of thiophene rings is 1. The first-order valence-corrected chi connectivity index (χ1v) is 10.3. The van der Waals surface area contributed by atoms with Gasteiger partial charge in [-0.15, -0.1) is 20.6 Å². The fourth-order valence-corrected chi connectivity index (χ4v) is 4.24. The summed E-state index contributed by atoms with van der Waals surface area (Å²) in [6.07, 6.45) is 0.855. The largest absolute Gasteiger partial charge is 0.478 e. The maximum absolute atomic E-state index is 12.3. The van der Waals surface area contributed by atoms with Gasteiger partial charge in [-0.25, -0.2) is 9.78 Å². The van der Waals surface area contributed by atoms with E-state index in [1.54, 1.807) is 23.6 Å². The normalized spacial score (nSPS) is 10.6. The van der Waals surface area contributed by atoms with Gasteiger partial charge in [-0.2, -0.15) is 0 Å². The summed E-state index contributed by atoms with van der Waals surface area (Å²) >= 11 is 4.53. The number of aromatic nitrogens is 1. The average molecular weight is 463 g/mol. The molecule has 1 atom stereocenters. The third-order valence-corrected chi connectivity index (χ3v) is 5.62. The maximum atomic E-state index is 12.3. The number of carbonyl (C=O) groups is 2. The van der Waals surface area contributed by atoms with E-state index in [2.05, 4.69) is 35.5 Å². The number of carbonyl (C=O) groups excluding carboxylic acids is 1. The number of rotatable bonds is 6. The smallest absolute Gasteiger partial charge is 0.339 e. The van der Waals surface area contributed by atoms with Crippen LogP contribution < -0.4 is 10.6 Å². The van der Waals surface area contributed by atoms with E-state index in [0.717, 1.165) is 10.9 Å². The summed E-state index contributed by atoms with van der Waals surface area (Å²) in [5.74, 6) is -1.32. The second kappa shape index (κ2) is 8.74. The van der Waals surface area contributed by atoms with E-state index in [1.807, 2.05) is 24.3 Å². The fraction of sp³-hybridized carbons (Fsp3) is 0.105. The molecule has 0 aliphatic carbocycles. The summed E-state index contributed by atoms with van der Waals surface area (Å²) in [6, 6.07) is 13.2. The third-order valence-electron chi connectivity index (χ3n) is 3.82. The van der Waals surface area contributed by atoms with Crippen LogP contribution in [-0.2, 0) is 11.2 Å². The zero-order chi connectivity index (χ0) is 19.4. The summed E-state index contributed by atoms with van der Waals surface area (Å²) in [4.78, 5) is 28.9. The van der Waals surface area contributed by atoms with E-state index in [9.17, 15) is 14.7 Å². The molecule has 3 rings (SSSR count). The molecule has 1 aromatic carbocycles. The van der Waals surface area contributed by atoms with Crippen molar-refractivity contribution >= 4 is 59.4 Å². The zero-order valence-electron chi connectivity index (χ0n) is 14.1. The number of aryl methyl sites for hydroxylation is 1. The lowest BCUT2D eigenvalue weighted by molar-refractivity contribution is -0.116. The van der Waals surface area contributed by atoms with E-state index in [-0.39, 0.29) is 17.9 Å². The van der Waals surface area contributed by atoms with Gasteiger partial charge in [-0.1, -0.05) is 30.3 Å². The van der Waals surface area contributed by atoms with Gasteiger partial charge in [-0.05, 0) is 45.4 Å². The lowest BCUT2D eigenvalue weighted by Gasteiger charge is -2.07. The molecule has 0 fully saturated rings. The molecule has 3 aromatic rings. The molecule has 0 saturated carbocycles. The van der Waals surface area contributed by atoms with Crippen LogP contribution in [0.15, 0.2) is 52.4 Å². The van der Waals surface area contributed by atoms with Crippen LogP contribution in [0.4, 0.5) is 5.69 Å². The highest BCUT2D eigenvalue weighted by Gasteiger charge is 2.22. The molecule has 5 nitrogen and oxygen atoms in total. The number of carboxylic acids is 1. The molecule has 0 radical (unpaired) electrons. The van der Waals surface area contributed by atoms with Gasteiger partial charge in [0.2, 0.25) is 5.91 Å². The number of hydrogen-bond donors (Lipinski definition) is 2. The van der Waals surface area contributed by atoms with Crippen LogP contribution in [0.25, 0.3) is 10.6 Å². The van der Waals surface area contributed by atoms with Gasteiger partial charge in [0.15, 0.2) is 0 Å². The Labute approximate surface area is 171 Å². The summed E-state index contributed by atoms with van der Waals surface area (Å²) in [5, 5.41) is 15.1. The number of amides is 1. The molecule has 0 spiro atoms. The van der Waals surface area contributed by atoms with Gasteiger partial charge in [0.05, 0.1) is 16.3 Å². The first kappa shape index (κ1) is 19.7. The summed E-state index contributed by atoms with van der Waals surface area (Å²) in [7, 11) is 2.63. The number of benzene rings is 1. The number of nitrogens with one attached hydrogen (secondary N) is 1. The van der Waals surface area contributed by atoms with E-state index in [4.69, 9.17) is 0 Å². The van der Waals surface area contributed by atoms with Crippen LogP contribution in [-0.4, -0.2) is 22.0 Å². The highest BCUT2D eigenvalue weighted by molar-refractivity contribution is 9.10. The SMILES string of the molecule is O=C(CCc1cccc(P)c1)Nc1csc(-c2cccc(Br)n2)c1C(=O)O. The quantitative estimate of drug-likeness (QED) is 0.421. The van der Waals surface area contributed by atoms with Crippen molar-refractivity contribution in [2.75, 3.05) is 5.32 Å². The molecule has 0 aliphatic heterocycles. The highest BCUT2D eigenvalue weighted by atomic mass is 79.9. The van der Waals surface area contributed by atoms with E-state index < -0.39 is 5.97 Å². The highest BCUT2D eigenvalue weighted by Crippen LogP contribution is 2.35. The van der Waals surface area contributed by atoms with Crippen LogP contribution in [0.3, 0.4) is 0 Å². The molecule has 1 unspecified atom stereocenters. The summed E-state index contributed by atoms with van der Waals surface area (Å²) in [6.45, 7) is 0. The molecule has 27 heavy (non-hydrogen) atoms. The number of hydrogen-bond acceptors (Lipinski definition) is 4. The average Bonchev–Trinajstić information content (AvgIpc) is 3.04. The van der Waals surface area contributed by atoms with E-state index in [0.29, 0.717) is 27.3 Å². The van der Waals surface area contributed by atoms with Gasteiger partial charge >= 0.3 is 5.97 Å². The minimum absolute atomic E-state index is 0.0610. The lowest BCUT2D eigenvalue weighted by Crippen LogP contribution is -2.14. The Kier molecular flexibility index (Phi) is 6.37. The van der Waals surface area contributed by atoms with Crippen molar-refractivity contribution in [3.05, 3.63) is 63.6 Å². The third kappa shape index (κ3) is 5.01. The maximum Gasteiger partial charge on any atom is 0.339 e. The Morgan fingerprint density at radius 2 is 2.00 bits per heavy atom. The molecule has 2 N–H and O–H groups in total. The van der Waals surface area contributed by atoms with Crippen molar-refractivity contribution in [1.29, 1.82) is 0 Å². The van der Waals surface area contributed by atoms with Gasteiger partial charge in [0.25, 0.3) is 0 Å². The van der Waals surface area contributed by atoms with Crippen LogP contribution in [0, 0.1) is 0 Å². The van der Waals surface area contributed by atoms with Crippen LogP contribution in [0.5, 0.6) is 0 Å². The number of halogens is 1. The number of carboxylic acid groups (broad SMARTS) is 1. The van der Waals surface area contributed by atoms with Crippen molar-refractivity contribution in [3.8, 4) is 10.6 Å². The fourth-order valence-electron chi connectivity index (χ4n) is 2.60. The number of anilines is 1. The van der Waals surface area contributed by atoms with E-state index >= 15 is 0 Å². The minimum atomic E-state index is -1.10. The molecule has 8 heteroatoms. The van der Waals surface area contributed by atoms with Crippen LogP contribution in [0.2, 0.25) is 0 Å². The lowest BCUT2D eigenvalue weighted by atomic mass is 10.1. The summed E-state index contributed by atoms with van der Waals surface area (Å²) < 4.78 is 0.617. The van der Waals surface area contributed by atoms with Crippen molar-refractivity contribution in [2.45, 2.75) is 12.8 Å². The van der Waals surface area contributed by atoms with E-state index in [1.165, 1.54) is 11.3 Å². The van der Waals surface area contributed by atoms with Gasteiger partial charge < -0.3 is 10.4 Å². The molecule has 2 heterocycles. The predicted molar refractivity (Wildman–Crippen MR) is 115 cm³/mol. The molecule has 0 bridgehead atoms. The first-order valence-electron chi connectivity index (χ1n) is 8.06. The van der Waals surface area contributed by atoms with Crippen LogP contribution >= 0.6 is 36.5 Å². The Bertz CT molecular complexity index is 1010. The zero-order valence-corrected chi connectivity index (χ0v) is 17.7. The molecule has 2 aromatic heterocycles. The minimum Gasteiger partial charge on any atom is -0.478 e. The Balaban J connectivity index is 1.76. The molecule has 0 aliphatic rings. The molecule has 138 valence electrons. The Morgan fingerprint density at radius 3 is 2.70 bits per heavy atom. The van der Waals surface area contributed by atoms with Crippen LogP contribution in [0.1, 0.15) is 22.3 Å². The first-order chi connectivity index (χ1) is 12.9. The monoisotopic (exact) mass is 462 g/mol. The molecular weight excluding hydrogens is 447 g/mol. The molecular formula is C19H16BrN2O3PS. The summed E-state index contributed by atoms with van der Waals surface area (Å²) in [5.41, 5.74) is 1.96. The second-order valence-electron chi connectivity index (χ2n) is 5.80. The second-order valence-corrected chi connectivity index (χ2v) is 8.16. The van der Waals surface area contributed by atoms with Crippen molar-refractivity contribution in [3.63, 3.8) is 0 Å². The van der Waals surface area contributed by atoms with Crippen molar-refractivity contribution < 1.29 is 14.7 Å². The number of nitrogens with zero attached hydrogens (tertiary/aromatic N) is 1. The molecule has 0 saturated heterocycles. The van der Waals surface area contributed by atoms with Gasteiger partial charge in [-0.3, -0.25) is 4.79 Å². The van der Waals surface area contributed by atoms with Crippen molar-refractivity contribution in [2.24, 2.45) is 0 Å². The molecule has 1 amide bonds. The number of pyridine rings is 1. The predicted octanol–water partition coefficient (Wildman–Crippen LogP) is 4.34. The Hall–Kier alpha value is -2.08. The number of aromatic carboxylic acids is 1. The van der Waals surface area contributed by atoms with Gasteiger partial charge in [0, 0.05) is 11.8 Å². The standard InChI is InChI=1S/C19H16BrN2O3PS/c20-15-6-2-5-13(21-15)18-17(19(24)25)14(10-27-18)22-16(23)8-7-11-3-1-4-12(26)9-11/h1-6,9-10H,7-8,26H2,(H,22,23)(H,24,25). The Morgan fingerprint density at radius 1 is 1.22 bits per heavy atom. The van der Waals surface area contributed by atoms with Crippen molar-refractivity contribution in [1.82, 2.24) is 4.98 Å².